The summed E-state index contributed by atoms with van der Waals surface area (Å²) in [4.78, 5) is 11.7. The molecule has 0 saturated heterocycles. The maximum Gasteiger partial charge on any atom is 0.237 e. The molecular formula is C15H22N2O. The minimum absolute atomic E-state index is 0.245. The summed E-state index contributed by atoms with van der Waals surface area (Å²) in [5.74, 6) is 0.413. The highest BCUT2D eigenvalue weighted by atomic mass is 16.1. The summed E-state index contributed by atoms with van der Waals surface area (Å²) in [5, 5.41) is 3.34. The summed E-state index contributed by atoms with van der Waals surface area (Å²) >= 11 is 0. The number of benzene rings is 1. The van der Waals surface area contributed by atoms with Crippen LogP contribution in [0.5, 0.6) is 0 Å². The van der Waals surface area contributed by atoms with Gasteiger partial charge in [-0.2, -0.15) is 0 Å². The van der Waals surface area contributed by atoms with Crippen LogP contribution >= 0.6 is 0 Å². The van der Waals surface area contributed by atoms with Crippen LogP contribution in [0.2, 0.25) is 0 Å². The van der Waals surface area contributed by atoms with Crippen molar-refractivity contribution in [1.29, 1.82) is 0 Å². The van der Waals surface area contributed by atoms with E-state index in [0.29, 0.717) is 12.5 Å². The van der Waals surface area contributed by atoms with Gasteiger partial charge in [0.2, 0.25) is 5.91 Å². The molecule has 0 heterocycles. The number of rotatable bonds is 6. The van der Waals surface area contributed by atoms with Crippen LogP contribution in [0, 0.1) is 5.92 Å². The van der Waals surface area contributed by atoms with Crippen molar-refractivity contribution in [2.75, 3.05) is 0 Å². The summed E-state index contributed by atoms with van der Waals surface area (Å²) in [6.07, 6.45) is 4.61. The third-order valence-corrected chi connectivity index (χ3v) is 3.99. The van der Waals surface area contributed by atoms with E-state index < -0.39 is 5.54 Å². The Hall–Kier alpha value is -1.35. The van der Waals surface area contributed by atoms with Gasteiger partial charge in [0, 0.05) is 6.54 Å². The number of nitrogens with one attached hydrogen (secondary N) is 1. The monoisotopic (exact) mass is 246 g/mol. The Morgan fingerprint density at radius 3 is 2.56 bits per heavy atom. The van der Waals surface area contributed by atoms with Crippen molar-refractivity contribution in [3.63, 3.8) is 0 Å². The number of hydrogen-bond donors (Lipinski definition) is 2. The van der Waals surface area contributed by atoms with E-state index in [1.54, 1.807) is 0 Å². The molecule has 1 fully saturated rings. The van der Waals surface area contributed by atoms with Crippen LogP contribution in [0.25, 0.3) is 0 Å². The van der Waals surface area contributed by atoms with Crippen molar-refractivity contribution in [2.24, 2.45) is 11.7 Å². The first kappa shape index (κ1) is 13.1. The Balaban J connectivity index is 1.95. The standard InChI is InChI=1S/C15H22N2O/c1-15(14(16)18,10-12-8-5-9-12)17-11-13-6-3-2-4-7-13/h2-4,6-7,12,17H,5,8-11H2,1H3,(H2,16,18). The van der Waals surface area contributed by atoms with Crippen LogP contribution in [-0.4, -0.2) is 11.4 Å². The van der Waals surface area contributed by atoms with Crippen molar-refractivity contribution < 1.29 is 4.79 Å². The lowest BCUT2D eigenvalue weighted by Crippen LogP contribution is -2.54. The minimum atomic E-state index is -0.582. The molecular weight excluding hydrogens is 224 g/mol. The van der Waals surface area contributed by atoms with Gasteiger partial charge in [0.25, 0.3) is 0 Å². The predicted molar refractivity (Wildman–Crippen MR) is 72.8 cm³/mol. The van der Waals surface area contributed by atoms with Gasteiger partial charge in [0.1, 0.15) is 0 Å². The van der Waals surface area contributed by atoms with Gasteiger partial charge in [-0.15, -0.1) is 0 Å². The second-order valence-corrected chi connectivity index (χ2v) is 5.54. The first-order chi connectivity index (χ1) is 8.60. The molecule has 1 saturated carbocycles. The lowest BCUT2D eigenvalue weighted by atomic mass is 9.76. The lowest BCUT2D eigenvalue weighted by molar-refractivity contribution is -0.124. The molecule has 0 aromatic heterocycles. The number of carbonyl (C=O) groups is 1. The summed E-state index contributed by atoms with van der Waals surface area (Å²) in [6.45, 7) is 2.61. The Morgan fingerprint density at radius 1 is 1.39 bits per heavy atom. The maximum absolute atomic E-state index is 11.7. The molecule has 3 N–H and O–H groups in total. The highest BCUT2D eigenvalue weighted by Gasteiger charge is 2.35. The fourth-order valence-electron chi connectivity index (χ4n) is 2.43. The van der Waals surface area contributed by atoms with Crippen LogP contribution in [0.1, 0.15) is 38.2 Å². The Bertz CT molecular complexity index is 400. The molecule has 1 aliphatic rings. The van der Waals surface area contributed by atoms with E-state index in [0.717, 1.165) is 6.42 Å². The van der Waals surface area contributed by atoms with Crippen molar-refractivity contribution in [1.82, 2.24) is 5.32 Å². The quantitative estimate of drug-likeness (QED) is 0.808. The van der Waals surface area contributed by atoms with Gasteiger partial charge < -0.3 is 5.73 Å². The maximum atomic E-state index is 11.7. The zero-order chi connectivity index (χ0) is 13.0. The van der Waals surface area contributed by atoms with Crippen LogP contribution < -0.4 is 11.1 Å². The summed E-state index contributed by atoms with van der Waals surface area (Å²) in [5.41, 5.74) is 6.16. The molecule has 1 atom stereocenters. The molecule has 18 heavy (non-hydrogen) atoms. The molecule has 98 valence electrons. The van der Waals surface area contributed by atoms with E-state index in [1.807, 2.05) is 25.1 Å². The van der Waals surface area contributed by atoms with Crippen LogP contribution in [0.15, 0.2) is 30.3 Å². The second-order valence-electron chi connectivity index (χ2n) is 5.54. The van der Waals surface area contributed by atoms with E-state index >= 15 is 0 Å². The van der Waals surface area contributed by atoms with Gasteiger partial charge in [-0.25, -0.2) is 0 Å². The first-order valence-corrected chi connectivity index (χ1v) is 6.69. The zero-order valence-electron chi connectivity index (χ0n) is 11.0. The first-order valence-electron chi connectivity index (χ1n) is 6.69. The van der Waals surface area contributed by atoms with Crippen LogP contribution in [0.4, 0.5) is 0 Å². The number of primary amides is 1. The second kappa shape index (κ2) is 5.53. The number of nitrogens with two attached hydrogens (primary N) is 1. The average molecular weight is 246 g/mol. The average Bonchev–Trinajstić information content (AvgIpc) is 2.33. The summed E-state index contributed by atoms with van der Waals surface area (Å²) < 4.78 is 0. The summed E-state index contributed by atoms with van der Waals surface area (Å²) in [6, 6.07) is 10.1. The molecule has 3 nitrogen and oxygen atoms in total. The van der Waals surface area contributed by atoms with Crippen LogP contribution in [0.3, 0.4) is 0 Å². The topological polar surface area (TPSA) is 55.1 Å². The molecule has 1 aliphatic carbocycles. The summed E-state index contributed by atoms with van der Waals surface area (Å²) in [7, 11) is 0. The van der Waals surface area contributed by atoms with Crippen molar-refractivity contribution in [3.8, 4) is 0 Å². The molecule has 0 aliphatic heterocycles. The highest BCUT2D eigenvalue weighted by Crippen LogP contribution is 2.33. The normalized spacial score (nSPS) is 18.9. The van der Waals surface area contributed by atoms with E-state index in [4.69, 9.17) is 5.73 Å². The zero-order valence-corrected chi connectivity index (χ0v) is 11.0. The van der Waals surface area contributed by atoms with Gasteiger partial charge in [-0.05, 0) is 24.8 Å². The van der Waals surface area contributed by atoms with Crippen molar-refractivity contribution in [3.05, 3.63) is 35.9 Å². The third kappa shape index (κ3) is 3.10. The molecule has 2 rings (SSSR count). The smallest absolute Gasteiger partial charge is 0.237 e. The van der Waals surface area contributed by atoms with Crippen molar-refractivity contribution >= 4 is 5.91 Å². The van der Waals surface area contributed by atoms with Gasteiger partial charge in [0.05, 0.1) is 5.54 Å². The fourth-order valence-corrected chi connectivity index (χ4v) is 2.43. The SMILES string of the molecule is CC(CC1CCC1)(NCc1ccccc1)C(N)=O. The van der Waals surface area contributed by atoms with E-state index in [9.17, 15) is 4.79 Å². The Morgan fingerprint density at radius 2 is 2.06 bits per heavy atom. The van der Waals surface area contributed by atoms with Gasteiger partial charge in [-0.3, -0.25) is 10.1 Å². The van der Waals surface area contributed by atoms with Gasteiger partial charge in [0.15, 0.2) is 0 Å². The largest absolute Gasteiger partial charge is 0.368 e. The molecule has 1 unspecified atom stereocenters. The number of amides is 1. The molecule has 3 heteroatoms. The molecule has 1 amide bonds. The van der Waals surface area contributed by atoms with E-state index in [1.165, 1.54) is 24.8 Å². The number of hydrogen-bond acceptors (Lipinski definition) is 2. The third-order valence-electron chi connectivity index (χ3n) is 3.99. The number of carbonyl (C=O) groups excluding carboxylic acids is 1. The molecule has 1 aromatic rings. The van der Waals surface area contributed by atoms with Gasteiger partial charge in [-0.1, -0.05) is 49.6 Å². The molecule has 0 radical (unpaired) electrons. The lowest BCUT2D eigenvalue weighted by Gasteiger charge is -2.35. The van der Waals surface area contributed by atoms with Crippen molar-refractivity contribution in [2.45, 2.75) is 44.7 Å². The van der Waals surface area contributed by atoms with Gasteiger partial charge >= 0.3 is 0 Å². The minimum Gasteiger partial charge on any atom is -0.368 e. The molecule has 0 bridgehead atoms. The highest BCUT2D eigenvalue weighted by molar-refractivity contribution is 5.84. The Labute approximate surface area is 109 Å². The van der Waals surface area contributed by atoms with E-state index in [2.05, 4.69) is 17.4 Å². The van der Waals surface area contributed by atoms with Crippen LogP contribution in [-0.2, 0) is 11.3 Å². The predicted octanol–water partition coefficient (Wildman–Crippen LogP) is 2.21. The molecule has 1 aromatic carbocycles. The Kier molecular flexibility index (Phi) is 4.02. The van der Waals surface area contributed by atoms with E-state index in [-0.39, 0.29) is 5.91 Å². The molecule has 0 spiro atoms. The fraction of sp³-hybridized carbons (Fsp3) is 0.533.